The molecule has 0 bridgehead atoms. The van der Waals surface area contributed by atoms with Crippen LogP contribution in [-0.2, 0) is 17.6 Å². The largest absolute Gasteiger partial charge is 0.381 e. The van der Waals surface area contributed by atoms with Crippen LogP contribution in [0.3, 0.4) is 0 Å². The van der Waals surface area contributed by atoms with Crippen LogP contribution in [0.1, 0.15) is 44.2 Å². The Morgan fingerprint density at radius 2 is 1.75 bits per heavy atom. The lowest BCUT2D eigenvalue weighted by Crippen LogP contribution is -2.41. The summed E-state index contributed by atoms with van der Waals surface area (Å²) in [5, 5.41) is 3.76. The molecule has 2 heteroatoms. The first-order valence-corrected chi connectivity index (χ1v) is 8.22. The molecule has 1 fully saturated rings. The van der Waals surface area contributed by atoms with Crippen molar-refractivity contribution in [2.24, 2.45) is 5.92 Å². The van der Waals surface area contributed by atoms with Gasteiger partial charge in [0.2, 0.25) is 0 Å². The molecule has 1 saturated heterocycles. The van der Waals surface area contributed by atoms with Gasteiger partial charge in [0.05, 0.1) is 0 Å². The smallest absolute Gasteiger partial charge is 0.0469 e. The topological polar surface area (TPSA) is 21.3 Å². The summed E-state index contributed by atoms with van der Waals surface area (Å²) in [6, 6.07) is 9.76. The van der Waals surface area contributed by atoms with Gasteiger partial charge in [-0.05, 0) is 55.7 Å². The molecule has 0 radical (unpaired) electrons. The molecule has 0 aliphatic carbocycles. The summed E-state index contributed by atoms with van der Waals surface area (Å²) in [6.45, 7) is 7.44. The van der Waals surface area contributed by atoms with E-state index in [0.717, 1.165) is 38.5 Å². The molecule has 1 aliphatic rings. The van der Waals surface area contributed by atoms with Crippen molar-refractivity contribution in [2.75, 3.05) is 19.8 Å². The average molecular weight is 275 g/mol. The maximum absolute atomic E-state index is 5.51. The van der Waals surface area contributed by atoms with Gasteiger partial charge in [-0.25, -0.2) is 0 Å². The Balaban J connectivity index is 1.97. The molecular formula is C18H29NO. The molecule has 1 heterocycles. The summed E-state index contributed by atoms with van der Waals surface area (Å²) in [4.78, 5) is 0. The van der Waals surface area contributed by atoms with E-state index in [9.17, 15) is 0 Å². The Bertz CT molecular complexity index is 368. The predicted molar refractivity (Wildman–Crippen MR) is 85.1 cm³/mol. The number of nitrogens with one attached hydrogen (secondary N) is 1. The van der Waals surface area contributed by atoms with Gasteiger partial charge >= 0.3 is 0 Å². The summed E-state index contributed by atoms with van der Waals surface area (Å²) in [6.07, 6.45) is 5.88. The van der Waals surface area contributed by atoms with Crippen molar-refractivity contribution in [3.8, 4) is 0 Å². The summed E-state index contributed by atoms with van der Waals surface area (Å²) >= 11 is 0. The minimum absolute atomic E-state index is 0.603. The van der Waals surface area contributed by atoms with Crippen molar-refractivity contribution in [3.05, 3.63) is 35.4 Å². The van der Waals surface area contributed by atoms with E-state index in [-0.39, 0.29) is 0 Å². The van der Waals surface area contributed by atoms with Crippen molar-refractivity contribution in [3.63, 3.8) is 0 Å². The van der Waals surface area contributed by atoms with Crippen LogP contribution in [0.15, 0.2) is 24.3 Å². The van der Waals surface area contributed by atoms with Gasteiger partial charge < -0.3 is 10.1 Å². The SMILES string of the molecule is CCCNC(Cc1ccc(CC)cc1)C1CCOCC1. The van der Waals surface area contributed by atoms with E-state index in [0.29, 0.717) is 6.04 Å². The van der Waals surface area contributed by atoms with Gasteiger partial charge in [-0.15, -0.1) is 0 Å². The molecule has 20 heavy (non-hydrogen) atoms. The molecule has 0 spiro atoms. The number of benzene rings is 1. The summed E-state index contributed by atoms with van der Waals surface area (Å²) in [7, 11) is 0. The minimum atomic E-state index is 0.603. The van der Waals surface area contributed by atoms with Crippen molar-refractivity contribution < 1.29 is 4.74 Å². The maximum Gasteiger partial charge on any atom is 0.0469 e. The number of hydrogen-bond acceptors (Lipinski definition) is 2. The van der Waals surface area contributed by atoms with Gasteiger partial charge in [0.1, 0.15) is 0 Å². The third-order valence-corrected chi connectivity index (χ3v) is 4.38. The zero-order valence-electron chi connectivity index (χ0n) is 13.0. The zero-order chi connectivity index (χ0) is 14.2. The first kappa shape index (κ1) is 15.5. The highest BCUT2D eigenvalue weighted by molar-refractivity contribution is 5.23. The van der Waals surface area contributed by atoms with Crippen LogP contribution in [0.25, 0.3) is 0 Å². The van der Waals surface area contributed by atoms with E-state index in [1.54, 1.807) is 0 Å². The highest BCUT2D eigenvalue weighted by Gasteiger charge is 2.23. The molecule has 1 aromatic carbocycles. The lowest BCUT2D eigenvalue weighted by atomic mass is 9.87. The second-order valence-electron chi connectivity index (χ2n) is 5.88. The van der Waals surface area contributed by atoms with Crippen LogP contribution in [0, 0.1) is 5.92 Å². The first-order valence-electron chi connectivity index (χ1n) is 8.22. The molecule has 1 aliphatic heterocycles. The molecule has 2 nitrogen and oxygen atoms in total. The highest BCUT2D eigenvalue weighted by Crippen LogP contribution is 2.22. The monoisotopic (exact) mass is 275 g/mol. The average Bonchev–Trinajstić information content (AvgIpc) is 2.53. The van der Waals surface area contributed by atoms with Gasteiger partial charge in [0.25, 0.3) is 0 Å². The van der Waals surface area contributed by atoms with Crippen molar-refractivity contribution in [1.29, 1.82) is 0 Å². The third-order valence-electron chi connectivity index (χ3n) is 4.38. The van der Waals surface area contributed by atoms with Crippen molar-refractivity contribution >= 4 is 0 Å². The quantitative estimate of drug-likeness (QED) is 0.821. The van der Waals surface area contributed by atoms with Crippen molar-refractivity contribution in [2.45, 2.75) is 52.0 Å². The van der Waals surface area contributed by atoms with E-state index in [2.05, 4.69) is 43.4 Å². The normalized spacial score (nSPS) is 18.1. The summed E-state index contributed by atoms with van der Waals surface area (Å²) in [5.41, 5.74) is 2.89. The molecule has 0 saturated carbocycles. The molecule has 0 aromatic heterocycles. The second kappa shape index (κ2) is 8.43. The van der Waals surface area contributed by atoms with E-state index < -0.39 is 0 Å². The van der Waals surface area contributed by atoms with Crippen molar-refractivity contribution in [1.82, 2.24) is 5.32 Å². The zero-order valence-corrected chi connectivity index (χ0v) is 13.0. The predicted octanol–water partition coefficient (Wildman–Crippen LogP) is 3.59. The van der Waals surface area contributed by atoms with Crippen LogP contribution in [0.5, 0.6) is 0 Å². The Kier molecular flexibility index (Phi) is 6.55. The van der Waals surface area contributed by atoms with Crippen LogP contribution >= 0.6 is 0 Å². The minimum Gasteiger partial charge on any atom is -0.381 e. The molecule has 1 atom stereocenters. The van der Waals surface area contributed by atoms with Gasteiger partial charge in [0.15, 0.2) is 0 Å². The molecule has 0 amide bonds. The van der Waals surface area contributed by atoms with E-state index >= 15 is 0 Å². The number of hydrogen-bond donors (Lipinski definition) is 1. The Labute approximate surface area is 123 Å². The fourth-order valence-corrected chi connectivity index (χ4v) is 3.02. The number of ether oxygens (including phenoxy) is 1. The molecule has 1 N–H and O–H groups in total. The highest BCUT2D eigenvalue weighted by atomic mass is 16.5. The Morgan fingerprint density at radius 1 is 1.10 bits per heavy atom. The fraction of sp³-hybridized carbons (Fsp3) is 0.667. The molecule has 112 valence electrons. The van der Waals surface area contributed by atoms with Gasteiger partial charge in [0, 0.05) is 19.3 Å². The van der Waals surface area contributed by atoms with Crippen LogP contribution in [0.2, 0.25) is 0 Å². The van der Waals surface area contributed by atoms with Crippen LogP contribution in [-0.4, -0.2) is 25.8 Å². The maximum atomic E-state index is 5.51. The number of rotatable bonds is 7. The lowest BCUT2D eigenvalue weighted by molar-refractivity contribution is 0.0538. The van der Waals surface area contributed by atoms with E-state index in [1.807, 2.05) is 0 Å². The summed E-state index contributed by atoms with van der Waals surface area (Å²) < 4.78 is 5.51. The number of aryl methyl sites for hydroxylation is 1. The van der Waals surface area contributed by atoms with E-state index in [4.69, 9.17) is 4.74 Å². The van der Waals surface area contributed by atoms with Gasteiger partial charge in [-0.2, -0.15) is 0 Å². The molecular weight excluding hydrogens is 246 g/mol. The van der Waals surface area contributed by atoms with Crippen LogP contribution in [0.4, 0.5) is 0 Å². The fourth-order valence-electron chi connectivity index (χ4n) is 3.02. The third kappa shape index (κ3) is 4.60. The van der Waals surface area contributed by atoms with Gasteiger partial charge in [-0.3, -0.25) is 0 Å². The standard InChI is InChI=1S/C18H29NO/c1-3-11-19-18(17-9-12-20-13-10-17)14-16-7-5-15(4-2)6-8-16/h5-8,17-19H,3-4,9-14H2,1-2H3. The van der Waals surface area contributed by atoms with E-state index in [1.165, 1.54) is 30.4 Å². The van der Waals surface area contributed by atoms with Crippen LogP contribution < -0.4 is 5.32 Å². The first-order chi connectivity index (χ1) is 9.83. The Hall–Kier alpha value is -0.860. The Morgan fingerprint density at radius 3 is 2.35 bits per heavy atom. The lowest BCUT2D eigenvalue weighted by Gasteiger charge is -2.31. The summed E-state index contributed by atoms with van der Waals surface area (Å²) in [5.74, 6) is 0.765. The second-order valence-corrected chi connectivity index (χ2v) is 5.88. The van der Waals surface area contributed by atoms with Gasteiger partial charge in [-0.1, -0.05) is 38.1 Å². The molecule has 2 rings (SSSR count). The molecule has 1 unspecified atom stereocenters. The molecule has 1 aromatic rings.